The number of benzene rings is 2. The minimum Gasteiger partial charge on any atom is -0.378 e. The fraction of sp³-hybridized carbons (Fsp3) is 0.143. The molecule has 3 heteroatoms. The summed E-state index contributed by atoms with van der Waals surface area (Å²) in [5, 5.41) is 4.96. The maximum Gasteiger partial charge on any atom is 0.0570 e. The third-order valence-electron chi connectivity index (χ3n) is 3.10. The van der Waals surface area contributed by atoms with E-state index in [9.17, 15) is 0 Å². The average Bonchev–Trinajstić information content (AvgIpc) is 2.75. The lowest BCUT2D eigenvalue weighted by Crippen LogP contribution is -2.06. The molecular formula is C14H11Cl2N. The molecule has 0 spiro atoms. The second-order valence-corrected chi connectivity index (χ2v) is 5.07. The first-order valence-electron chi connectivity index (χ1n) is 5.53. The monoisotopic (exact) mass is 263 g/mol. The van der Waals surface area contributed by atoms with Gasteiger partial charge >= 0.3 is 0 Å². The molecule has 0 aromatic heterocycles. The zero-order chi connectivity index (χ0) is 11.8. The van der Waals surface area contributed by atoms with E-state index in [1.54, 1.807) is 0 Å². The van der Waals surface area contributed by atoms with Crippen molar-refractivity contribution in [2.24, 2.45) is 0 Å². The minimum absolute atomic E-state index is 0.221. The molecule has 17 heavy (non-hydrogen) atoms. The van der Waals surface area contributed by atoms with Crippen LogP contribution in [0.25, 0.3) is 0 Å². The highest BCUT2D eigenvalue weighted by Crippen LogP contribution is 2.37. The Bertz CT molecular complexity index is 541. The van der Waals surface area contributed by atoms with Gasteiger partial charge in [-0.2, -0.15) is 0 Å². The minimum atomic E-state index is 0.221. The van der Waals surface area contributed by atoms with E-state index in [0.29, 0.717) is 0 Å². The molecule has 0 aliphatic carbocycles. The second-order valence-electron chi connectivity index (χ2n) is 4.22. The molecule has 0 saturated carbocycles. The normalized spacial score (nSPS) is 17.6. The van der Waals surface area contributed by atoms with Crippen molar-refractivity contribution in [3.8, 4) is 0 Å². The Morgan fingerprint density at radius 2 is 1.88 bits per heavy atom. The van der Waals surface area contributed by atoms with Gasteiger partial charge in [0.25, 0.3) is 0 Å². The molecule has 86 valence electrons. The maximum atomic E-state index is 6.22. The van der Waals surface area contributed by atoms with Gasteiger partial charge in [0.1, 0.15) is 0 Å². The van der Waals surface area contributed by atoms with Crippen LogP contribution in [0, 0.1) is 0 Å². The lowest BCUT2D eigenvalue weighted by atomic mass is 10.0. The average molecular weight is 264 g/mol. The number of para-hydroxylation sites is 1. The molecular weight excluding hydrogens is 253 g/mol. The lowest BCUT2D eigenvalue weighted by molar-refractivity contribution is 0.824. The fourth-order valence-electron chi connectivity index (χ4n) is 2.27. The van der Waals surface area contributed by atoms with E-state index in [1.165, 1.54) is 11.3 Å². The first-order valence-corrected chi connectivity index (χ1v) is 6.29. The van der Waals surface area contributed by atoms with Crippen molar-refractivity contribution in [1.29, 1.82) is 0 Å². The van der Waals surface area contributed by atoms with Gasteiger partial charge in [0.15, 0.2) is 0 Å². The predicted molar refractivity (Wildman–Crippen MR) is 73.0 cm³/mol. The third kappa shape index (κ3) is 2.01. The van der Waals surface area contributed by atoms with E-state index in [0.717, 1.165) is 22.0 Å². The predicted octanol–water partition coefficient (Wildman–Crippen LogP) is 4.70. The van der Waals surface area contributed by atoms with Crippen LogP contribution in [0.4, 0.5) is 5.69 Å². The van der Waals surface area contributed by atoms with Gasteiger partial charge in [0.05, 0.1) is 6.04 Å². The van der Waals surface area contributed by atoms with Crippen LogP contribution in [0.15, 0.2) is 42.5 Å². The molecule has 1 aliphatic heterocycles. The van der Waals surface area contributed by atoms with E-state index in [-0.39, 0.29) is 6.04 Å². The van der Waals surface area contributed by atoms with Gasteiger partial charge in [0.2, 0.25) is 0 Å². The van der Waals surface area contributed by atoms with E-state index < -0.39 is 0 Å². The molecule has 1 aliphatic rings. The number of nitrogens with one attached hydrogen (secondary N) is 1. The summed E-state index contributed by atoms with van der Waals surface area (Å²) < 4.78 is 0. The Balaban J connectivity index is 1.96. The van der Waals surface area contributed by atoms with E-state index in [2.05, 4.69) is 23.5 Å². The van der Waals surface area contributed by atoms with Gasteiger partial charge in [-0.15, -0.1) is 0 Å². The highest BCUT2D eigenvalue weighted by atomic mass is 35.5. The van der Waals surface area contributed by atoms with Crippen molar-refractivity contribution in [3.05, 3.63) is 63.6 Å². The first-order chi connectivity index (χ1) is 8.24. The van der Waals surface area contributed by atoms with Gasteiger partial charge in [-0.1, -0.05) is 41.4 Å². The molecule has 0 amide bonds. The number of halogens is 2. The van der Waals surface area contributed by atoms with Crippen molar-refractivity contribution >= 4 is 28.9 Å². The van der Waals surface area contributed by atoms with Gasteiger partial charge in [-0.05, 0) is 41.8 Å². The Morgan fingerprint density at radius 3 is 2.71 bits per heavy atom. The highest BCUT2D eigenvalue weighted by Gasteiger charge is 2.23. The summed E-state index contributed by atoms with van der Waals surface area (Å²) in [6.07, 6.45) is 0.955. The molecule has 0 fully saturated rings. The van der Waals surface area contributed by atoms with Crippen molar-refractivity contribution < 1.29 is 0 Å². The Kier molecular flexibility index (Phi) is 2.73. The molecule has 0 unspecified atom stereocenters. The number of anilines is 1. The summed E-state index contributed by atoms with van der Waals surface area (Å²) in [6, 6.07) is 14.1. The molecule has 2 aromatic carbocycles. The van der Waals surface area contributed by atoms with Crippen LogP contribution in [0.2, 0.25) is 10.0 Å². The summed E-state index contributed by atoms with van der Waals surface area (Å²) in [5.74, 6) is 0. The Morgan fingerprint density at radius 1 is 1.06 bits per heavy atom. The number of hydrogen-bond donors (Lipinski definition) is 1. The number of rotatable bonds is 1. The Labute approximate surface area is 110 Å². The quantitative estimate of drug-likeness (QED) is 0.787. The van der Waals surface area contributed by atoms with Crippen LogP contribution >= 0.6 is 23.2 Å². The smallest absolute Gasteiger partial charge is 0.0570 e. The summed E-state index contributed by atoms with van der Waals surface area (Å²) in [5.41, 5.74) is 3.58. The summed E-state index contributed by atoms with van der Waals surface area (Å²) in [4.78, 5) is 0. The van der Waals surface area contributed by atoms with Gasteiger partial charge < -0.3 is 5.32 Å². The summed E-state index contributed by atoms with van der Waals surface area (Å²) >= 11 is 12.2. The van der Waals surface area contributed by atoms with Crippen molar-refractivity contribution in [1.82, 2.24) is 0 Å². The molecule has 3 rings (SSSR count). The lowest BCUT2D eigenvalue weighted by Gasteiger charge is -2.13. The van der Waals surface area contributed by atoms with E-state index in [1.807, 2.05) is 24.3 Å². The van der Waals surface area contributed by atoms with Crippen molar-refractivity contribution in [2.45, 2.75) is 12.5 Å². The SMILES string of the molecule is Clc1ccc(Cl)c([C@@H]2Cc3ccccc3N2)c1. The second kappa shape index (κ2) is 4.25. The van der Waals surface area contributed by atoms with Gasteiger partial charge in [-0.3, -0.25) is 0 Å². The molecule has 1 atom stereocenters. The van der Waals surface area contributed by atoms with Gasteiger partial charge in [-0.25, -0.2) is 0 Å². The van der Waals surface area contributed by atoms with Crippen molar-refractivity contribution in [2.75, 3.05) is 5.32 Å². The molecule has 0 bridgehead atoms. The van der Waals surface area contributed by atoms with Gasteiger partial charge in [0, 0.05) is 15.7 Å². The molecule has 1 nitrogen and oxygen atoms in total. The molecule has 1 N–H and O–H groups in total. The molecule has 0 radical (unpaired) electrons. The fourth-order valence-corrected chi connectivity index (χ4v) is 2.70. The van der Waals surface area contributed by atoms with Crippen LogP contribution in [0.5, 0.6) is 0 Å². The highest BCUT2D eigenvalue weighted by molar-refractivity contribution is 6.33. The van der Waals surface area contributed by atoms with Crippen LogP contribution in [0.3, 0.4) is 0 Å². The largest absolute Gasteiger partial charge is 0.378 e. The van der Waals surface area contributed by atoms with E-state index >= 15 is 0 Å². The molecule has 0 saturated heterocycles. The van der Waals surface area contributed by atoms with Crippen LogP contribution in [-0.4, -0.2) is 0 Å². The summed E-state index contributed by atoms with van der Waals surface area (Å²) in [6.45, 7) is 0. The van der Waals surface area contributed by atoms with E-state index in [4.69, 9.17) is 23.2 Å². The number of fused-ring (bicyclic) bond motifs is 1. The van der Waals surface area contributed by atoms with Crippen molar-refractivity contribution in [3.63, 3.8) is 0 Å². The standard InChI is InChI=1S/C14H11Cl2N/c15-10-5-6-12(16)11(8-10)14-7-9-3-1-2-4-13(9)17-14/h1-6,8,14,17H,7H2/t14-/m0/s1. The zero-order valence-corrected chi connectivity index (χ0v) is 10.6. The third-order valence-corrected chi connectivity index (χ3v) is 3.68. The molecule has 2 aromatic rings. The van der Waals surface area contributed by atoms with Crippen LogP contribution in [-0.2, 0) is 6.42 Å². The number of hydrogen-bond acceptors (Lipinski definition) is 1. The topological polar surface area (TPSA) is 12.0 Å². The maximum absolute atomic E-state index is 6.22. The Hall–Kier alpha value is -1.18. The molecule has 1 heterocycles. The first kappa shape index (κ1) is 10.9. The summed E-state index contributed by atoms with van der Waals surface area (Å²) in [7, 11) is 0. The zero-order valence-electron chi connectivity index (χ0n) is 9.08. The van der Waals surface area contributed by atoms with Crippen LogP contribution in [0.1, 0.15) is 17.2 Å². The van der Waals surface area contributed by atoms with Crippen LogP contribution < -0.4 is 5.32 Å².